The summed E-state index contributed by atoms with van der Waals surface area (Å²) in [4.78, 5) is 16.3. The number of hydrogen-bond donors (Lipinski definition) is 2. The van der Waals surface area contributed by atoms with E-state index in [0.717, 1.165) is 70.0 Å². The normalized spacial score (nSPS) is 21.5. The molecular weight excluding hydrogens is 446 g/mol. The van der Waals surface area contributed by atoms with Crippen LogP contribution in [0.1, 0.15) is 50.9 Å². The Kier molecular flexibility index (Phi) is 6.30. The molecule has 1 aliphatic carbocycles. The number of pyridine rings is 1. The number of nitrogens with zero attached hydrogens (tertiary/aromatic N) is 4. The van der Waals surface area contributed by atoms with Crippen LogP contribution in [0.5, 0.6) is 0 Å². The molecule has 36 heavy (non-hydrogen) atoms. The van der Waals surface area contributed by atoms with Gasteiger partial charge in [-0.15, -0.1) is 0 Å². The van der Waals surface area contributed by atoms with E-state index in [1.165, 1.54) is 40.7 Å². The first-order chi connectivity index (χ1) is 17.4. The number of rotatable bonds is 5. The molecule has 0 radical (unpaired) electrons. The largest absolute Gasteiger partial charge is 0.393 e. The number of benzene rings is 1. The fourth-order valence-electron chi connectivity index (χ4n) is 6.72. The van der Waals surface area contributed by atoms with Gasteiger partial charge in [-0.05, 0) is 89.2 Å². The first-order valence-electron chi connectivity index (χ1n) is 13.9. The number of piperidine rings is 1. The van der Waals surface area contributed by atoms with Gasteiger partial charge in [-0.3, -0.25) is 14.8 Å². The zero-order valence-electron chi connectivity index (χ0n) is 22.1. The number of H-pyrrole nitrogens is 1. The van der Waals surface area contributed by atoms with Gasteiger partial charge in [0.25, 0.3) is 0 Å². The van der Waals surface area contributed by atoms with Crippen molar-refractivity contribution >= 4 is 16.6 Å². The number of aromatic amines is 1. The van der Waals surface area contributed by atoms with Crippen molar-refractivity contribution in [1.82, 2.24) is 19.8 Å². The molecule has 0 amide bonds. The van der Waals surface area contributed by atoms with Gasteiger partial charge in [0.05, 0.1) is 11.8 Å². The standard InChI is InChI=1S/C30H41N5O/c1-21(2)34-12-14-35(15-13-34)25-6-4-23(5-7-25)29-27-17-24(32-28(27)16-22(3)31-29)20-33-10-8-30(9-11-33)18-26(36)19-30/h4-7,16-17,21,26,32,36H,8-15,18-20H2,1-3H3. The maximum absolute atomic E-state index is 9.77. The van der Waals surface area contributed by atoms with Crippen molar-refractivity contribution in [3.63, 3.8) is 0 Å². The highest BCUT2D eigenvalue weighted by Crippen LogP contribution is 2.49. The predicted molar refractivity (Wildman–Crippen MR) is 147 cm³/mol. The van der Waals surface area contributed by atoms with E-state index in [2.05, 4.69) is 76.9 Å². The van der Waals surface area contributed by atoms with Crippen molar-refractivity contribution in [3.05, 3.63) is 47.8 Å². The maximum Gasteiger partial charge on any atom is 0.0799 e. The van der Waals surface area contributed by atoms with Crippen molar-refractivity contribution in [2.45, 2.75) is 65.1 Å². The average Bonchev–Trinajstić information content (AvgIpc) is 3.26. The van der Waals surface area contributed by atoms with Gasteiger partial charge in [0.1, 0.15) is 0 Å². The quantitative estimate of drug-likeness (QED) is 0.541. The van der Waals surface area contributed by atoms with Crippen molar-refractivity contribution in [1.29, 1.82) is 0 Å². The van der Waals surface area contributed by atoms with Crippen molar-refractivity contribution < 1.29 is 5.11 Å². The molecule has 6 heteroatoms. The SMILES string of the molecule is Cc1cc2[nH]c(CN3CCC4(CC3)CC(O)C4)cc2c(-c2ccc(N3CCN(C(C)C)CC3)cc2)n1. The minimum atomic E-state index is -0.0522. The third-order valence-corrected chi connectivity index (χ3v) is 9.00. The summed E-state index contributed by atoms with van der Waals surface area (Å²) in [7, 11) is 0. The second-order valence-corrected chi connectivity index (χ2v) is 11.9. The molecule has 192 valence electrons. The predicted octanol–water partition coefficient (Wildman–Crippen LogP) is 4.81. The lowest BCUT2D eigenvalue weighted by molar-refractivity contribution is -0.0691. The van der Waals surface area contributed by atoms with Crippen molar-refractivity contribution in [2.75, 3.05) is 44.2 Å². The minimum Gasteiger partial charge on any atom is -0.393 e. The summed E-state index contributed by atoms with van der Waals surface area (Å²) >= 11 is 0. The lowest BCUT2D eigenvalue weighted by atomic mass is 9.61. The Balaban J connectivity index is 1.17. The highest BCUT2D eigenvalue weighted by atomic mass is 16.3. The lowest BCUT2D eigenvalue weighted by Gasteiger charge is -2.50. The van der Waals surface area contributed by atoms with Crippen LogP contribution in [-0.2, 0) is 6.54 Å². The van der Waals surface area contributed by atoms with Crippen LogP contribution >= 0.6 is 0 Å². The van der Waals surface area contributed by atoms with Gasteiger partial charge < -0.3 is 15.0 Å². The third-order valence-electron chi connectivity index (χ3n) is 9.00. The molecule has 0 bridgehead atoms. The molecule has 6 rings (SSSR count). The molecule has 3 aliphatic rings. The van der Waals surface area contributed by atoms with Gasteiger partial charge in [0, 0.05) is 72.3 Å². The van der Waals surface area contributed by atoms with Crippen LogP contribution in [0.3, 0.4) is 0 Å². The Labute approximate surface area is 215 Å². The zero-order valence-corrected chi connectivity index (χ0v) is 22.1. The second kappa shape index (κ2) is 9.47. The first-order valence-corrected chi connectivity index (χ1v) is 13.9. The van der Waals surface area contributed by atoms with Crippen LogP contribution in [0.25, 0.3) is 22.2 Å². The number of fused-ring (bicyclic) bond motifs is 1. The Bertz CT molecular complexity index is 1190. The smallest absolute Gasteiger partial charge is 0.0799 e. The number of piperazine rings is 1. The van der Waals surface area contributed by atoms with E-state index in [4.69, 9.17) is 4.98 Å². The number of aliphatic hydroxyl groups is 1. The van der Waals surface area contributed by atoms with Crippen LogP contribution in [0.4, 0.5) is 5.69 Å². The third kappa shape index (κ3) is 4.67. The van der Waals surface area contributed by atoms with Crippen LogP contribution in [0.2, 0.25) is 0 Å². The number of aromatic nitrogens is 2. The molecule has 6 nitrogen and oxygen atoms in total. The number of aliphatic hydroxyl groups excluding tert-OH is 1. The Morgan fingerprint density at radius 3 is 2.33 bits per heavy atom. The molecule has 1 aromatic carbocycles. The van der Waals surface area contributed by atoms with Gasteiger partial charge >= 0.3 is 0 Å². The van der Waals surface area contributed by atoms with E-state index >= 15 is 0 Å². The zero-order chi connectivity index (χ0) is 24.9. The second-order valence-electron chi connectivity index (χ2n) is 11.9. The maximum atomic E-state index is 9.77. The molecule has 2 N–H and O–H groups in total. The molecule has 2 aromatic heterocycles. The van der Waals surface area contributed by atoms with E-state index in [-0.39, 0.29) is 6.10 Å². The Morgan fingerprint density at radius 1 is 1.00 bits per heavy atom. The molecule has 2 aliphatic heterocycles. The molecule has 2 saturated heterocycles. The number of hydrogen-bond acceptors (Lipinski definition) is 5. The molecule has 4 heterocycles. The van der Waals surface area contributed by atoms with Crippen molar-refractivity contribution in [2.24, 2.45) is 5.41 Å². The van der Waals surface area contributed by atoms with Crippen LogP contribution in [-0.4, -0.2) is 76.3 Å². The molecule has 1 spiro atoms. The summed E-state index contributed by atoms with van der Waals surface area (Å²) in [5.74, 6) is 0. The van der Waals surface area contributed by atoms with Gasteiger partial charge in [-0.1, -0.05) is 12.1 Å². The average molecular weight is 488 g/mol. The minimum absolute atomic E-state index is 0.0522. The molecule has 3 aromatic rings. The fraction of sp³-hybridized carbons (Fsp3) is 0.567. The lowest BCUT2D eigenvalue weighted by Crippen LogP contribution is -2.48. The highest BCUT2D eigenvalue weighted by molar-refractivity contribution is 5.94. The summed E-state index contributed by atoms with van der Waals surface area (Å²) in [6.45, 7) is 14.3. The topological polar surface area (TPSA) is 58.6 Å². The molecule has 0 atom stereocenters. The van der Waals surface area contributed by atoms with E-state index in [9.17, 15) is 5.11 Å². The van der Waals surface area contributed by atoms with E-state index in [1.54, 1.807) is 0 Å². The summed E-state index contributed by atoms with van der Waals surface area (Å²) in [5, 5.41) is 11.0. The van der Waals surface area contributed by atoms with Gasteiger partial charge in [-0.2, -0.15) is 0 Å². The van der Waals surface area contributed by atoms with E-state index < -0.39 is 0 Å². The summed E-state index contributed by atoms with van der Waals surface area (Å²) in [5.41, 5.74) is 7.48. The van der Waals surface area contributed by atoms with Crippen molar-refractivity contribution in [3.8, 4) is 11.3 Å². The van der Waals surface area contributed by atoms with Gasteiger partial charge in [-0.25, -0.2) is 0 Å². The number of likely N-dealkylation sites (tertiary alicyclic amines) is 1. The molecule has 1 saturated carbocycles. The first kappa shape index (κ1) is 24.0. The van der Waals surface area contributed by atoms with Gasteiger partial charge in [0.15, 0.2) is 0 Å². The van der Waals surface area contributed by atoms with E-state index in [0.29, 0.717) is 11.5 Å². The number of aryl methyl sites for hydroxylation is 1. The number of nitrogens with one attached hydrogen (secondary N) is 1. The van der Waals surface area contributed by atoms with Crippen LogP contribution in [0, 0.1) is 12.3 Å². The van der Waals surface area contributed by atoms with Crippen LogP contribution in [0.15, 0.2) is 36.4 Å². The Hall–Kier alpha value is -2.41. The fourth-order valence-corrected chi connectivity index (χ4v) is 6.72. The summed E-state index contributed by atoms with van der Waals surface area (Å²) in [6, 6.07) is 14.1. The summed E-state index contributed by atoms with van der Waals surface area (Å²) in [6.07, 6.45) is 4.40. The molecular formula is C30H41N5O. The number of anilines is 1. The van der Waals surface area contributed by atoms with E-state index in [1.807, 2.05) is 0 Å². The van der Waals surface area contributed by atoms with Crippen LogP contribution < -0.4 is 4.90 Å². The monoisotopic (exact) mass is 487 g/mol. The van der Waals surface area contributed by atoms with Gasteiger partial charge in [0.2, 0.25) is 0 Å². The Morgan fingerprint density at radius 2 is 1.69 bits per heavy atom. The molecule has 0 unspecified atom stereocenters. The highest BCUT2D eigenvalue weighted by Gasteiger charge is 2.44. The summed E-state index contributed by atoms with van der Waals surface area (Å²) < 4.78 is 0. The molecule has 3 fully saturated rings.